The number of hydrogen-bond acceptors (Lipinski definition) is 2. The van der Waals surface area contributed by atoms with E-state index in [9.17, 15) is 13.2 Å². The molecule has 2 rings (SSSR count). The molecule has 0 unspecified atom stereocenters. The van der Waals surface area contributed by atoms with Crippen molar-refractivity contribution in [3.63, 3.8) is 0 Å². The highest BCUT2D eigenvalue weighted by Gasteiger charge is 2.34. The van der Waals surface area contributed by atoms with Crippen LogP contribution in [-0.4, -0.2) is 14.8 Å². The number of aryl methyl sites for hydroxylation is 1. The highest BCUT2D eigenvalue weighted by Crippen LogP contribution is 2.35. The van der Waals surface area contributed by atoms with Crippen LogP contribution in [0.1, 0.15) is 5.56 Å². The van der Waals surface area contributed by atoms with Crippen molar-refractivity contribution < 1.29 is 13.2 Å². The quantitative estimate of drug-likeness (QED) is 0.743. The van der Waals surface area contributed by atoms with Crippen LogP contribution in [0.5, 0.6) is 0 Å². The van der Waals surface area contributed by atoms with Crippen LogP contribution in [-0.2, 0) is 13.2 Å². The van der Waals surface area contributed by atoms with Gasteiger partial charge < -0.3 is 0 Å². The minimum absolute atomic E-state index is 0.0168. The van der Waals surface area contributed by atoms with Crippen LogP contribution in [0.25, 0.3) is 11.0 Å². The Balaban J connectivity index is 2.87. The van der Waals surface area contributed by atoms with Crippen LogP contribution in [0.4, 0.5) is 13.2 Å². The van der Waals surface area contributed by atoms with Crippen LogP contribution in [0.15, 0.2) is 16.9 Å². The van der Waals surface area contributed by atoms with Crippen LogP contribution in [0, 0.1) is 0 Å². The van der Waals surface area contributed by atoms with Gasteiger partial charge in [-0.05, 0) is 22.0 Å². The first-order valence-electron chi connectivity index (χ1n) is 3.95. The maximum absolute atomic E-state index is 12.6. The van der Waals surface area contributed by atoms with E-state index in [4.69, 9.17) is 0 Å². The number of pyridine rings is 1. The summed E-state index contributed by atoms with van der Waals surface area (Å²) >= 11 is 3.06. The highest BCUT2D eigenvalue weighted by molar-refractivity contribution is 9.10. The molecule has 0 bridgehead atoms. The zero-order valence-electron chi connectivity index (χ0n) is 7.51. The second-order valence-electron chi connectivity index (χ2n) is 2.97. The Morgan fingerprint density at radius 2 is 2.07 bits per heavy atom. The van der Waals surface area contributed by atoms with E-state index in [2.05, 4.69) is 26.0 Å². The maximum Gasteiger partial charge on any atom is 0.418 e. The minimum atomic E-state index is -4.39. The fraction of sp³-hybridized carbons (Fsp3) is 0.250. The molecule has 15 heavy (non-hydrogen) atoms. The van der Waals surface area contributed by atoms with Gasteiger partial charge in [-0.25, -0.2) is 0 Å². The van der Waals surface area contributed by atoms with Crippen LogP contribution < -0.4 is 0 Å². The van der Waals surface area contributed by atoms with E-state index in [0.717, 1.165) is 16.9 Å². The molecule has 7 heteroatoms. The van der Waals surface area contributed by atoms with E-state index in [1.807, 2.05) is 0 Å². The number of alkyl halides is 3. The fourth-order valence-corrected chi connectivity index (χ4v) is 1.92. The fourth-order valence-electron chi connectivity index (χ4n) is 1.39. The highest BCUT2D eigenvalue weighted by atomic mass is 79.9. The van der Waals surface area contributed by atoms with Gasteiger partial charge in [0, 0.05) is 13.2 Å². The number of aromatic nitrogens is 3. The second-order valence-corrected chi connectivity index (χ2v) is 3.72. The first-order chi connectivity index (χ1) is 6.91. The van der Waals surface area contributed by atoms with Gasteiger partial charge in [0.05, 0.1) is 11.1 Å². The lowest BCUT2D eigenvalue weighted by Gasteiger charge is -2.07. The van der Waals surface area contributed by atoms with Crippen LogP contribution in [0.2, 0.25) is 0 Å². The maximum atomic E-state index is 12.6. The van der Waals surface area contributed by atoms with Crippen LogP contribution in [0.3, 0.4) is 0 Å². The molecule has 0 radical (unpaired) electrons. The lowest BCUT2D eigenvalue weighted by Crippen LogP contribution is -2.08. The second kappa shape index (κ2) is 3.19. The van der Waals surface area contributed by atoms with Gasteiger partial charge in [0.2, 0.25) is 0 Å². The Kier molecular flexibility index (Phi) is 2.22. The Hall–Kier alpha value is -1.11. The molecular formula is C8H5BrF3N3. The third-order valence-electron chi connectivity index (χ3n) is 1.99. The van der Waals surface area contributed by atoms with Gasteiger partial charge in [0.1, 0.15) is 5.52 Å². The third-order valence-corrected chi connectivity index (χ3v) is 2.52. The van der Waals surface area contributed by atoms with E-state index in [1.165, 1.54) is 7.05 Å². The molecule has 0 spiro atoms. The van der Waals surface area contributed by atoms with E-state index in [1.54, 1.807) is 0 Å². The van der Waals surface area contributed by atoms with Gasteiger partial charge in [-0.1, -0.05) is 0 Å². The zero-order valence-corrected chi connectivity index (χ0v) is 9.09. The molecule has 2 aromatic rings. The summed E-state index contributed by atoms with van der Waals surface area (Å²) in [6.07, 6.45) is -3.27. The van der Waals surface area contributed by atoms with Gasteiger partial charge in [-0.3, -0.25) is 9.67 Å². The van der Waals surface area contributed by atoms with Crippen molar-refractivity contribution in [1.82, 2.24) is 14.8 Å². The standard InChI is InChI=1S/C8H5BrF3N3/c1-15-6-4(8(10,11)12)2-3-13-5(6)7(9)14-15/h2-3H,1H3. The van der Waals surface area contributed by atoms with Crippen molar-refractivity contribution in [3.8, 4) is 0 Å². The van der Waals surface area contributed by atoms with Gasteiger partial charge in [0.15, 0.2) is 4.60 Å². The average molecular weight is 280 g/mol. The average Bonchev–Trinajstić information content (AvgIpc) is 2.41. The summed E-state index contributed by atoms with van der Waals surface area (Å²) in [7, 11) is 1.45. The summed E-state index contributed by atoms with van der Waals surface area (Å²) in [6, 6.07) is 0.941. The summed E-state index contributed by atoms with van der Waals surface area (Å²) in [4.78, 5) is 3.85. The number of rotatable bonds is 0. The van der Waals surface area contributed by atoms with Crippen molar-refractivity contribution >= 4 is 27.0 Å². The molecule has 0 aromatic carbocycles. The van der Waals surface area contributed by atoms with Gasteiger partial charge in [-0.15, -0.1) is 0 Å². The third kappa shape index (κ3) is 1.60. The molecule has 0 saturated carbocycles. The molecule has 80 valence electrons. The van der Waals surface area contributed by atoms with Gasteiger partial charge >= 0.3 is 6.18 Å². The molecule has 0 aliphatic carbocycles. The molecule has 0 fully saturated rings. The Morgan fingerprint density at radius 1 is 1.40 bits per heavy atom. The smallest absolute Gasteiger partial charge is 0.265 e. The summed E-state index contributed by atoms with van der Waals surface area (Å²) < 4.78 is 39.3. The summed E-state index contributed by atoms with van der Waals surface area (Å²) in [5.74, 6) is 0. The van der Waals surface area contributed by atoms with Crippen molar-refractivity contribution in [3.05, 3.63) is 22.4 Å². The van der Waals surface area contributed by atoms with E-state index in [-0.39, 0.29) is 11.0 Å². The lowest BCUT2D eigenvalue weighted by atomic mass is 10.2. The monoisotopic (exact) mass is 279 g/mol. The van der Waals surface area contributed by atoms with E-state index < -0.39 is 11.7 Å². The summed E-state index contributed by atoms with van der Waals surface area (Å²) in [5, 5.41) is 3.84. The van der Waals surface area contributed by atoms with Gasteiger partial charge in [0.25, 0.3) is 0 Å². The molecule has 0 aliphatic heterocycles. The number of hydrogen-bond donors (Lipinski definition) is 0. The van der Waals surface area contributed by atoms with Gasteiger partial charge in [-0.2, -0.15) is 18.3 Å². The van der Waals surface area contributed by atoms with Crippen molar-refractivity contribution in [2.45, 2.75) is 6.18 Å². The van der Waals surface area contributed by atoms with Crippen molar-refractivity contribution in [1.29, 1.82) is 0 Å². The number of fused-ring (bicyclic) bond motifs is 1. The van der Waals surface area contributed by atoms with E-state index in [0.29, 0.717) is 4.60 Å². The summed E-state index contributed by atoms with van der Waals surface area (Å²) in [6.45, 7) is 0. The largest absolute Gasteiger partial charge is 0.418 e. The summed E-state index contributed by atoms with van der Waals surface area (Å²) in [5.41, 5.74) is -0.530. The Bertz CT molecular complexity index is 518. The molecular weight excluding hydrogens is 275 g/mol. The minimum Gasteiger partial charge on any atom is -0.265 e. The predicted octanol–water partition coefficient (Wildman–Crippen LogP) is 2.75. The number of halogens is 4. The topological polar surface area (TPSA) is 30.7 Å². The first-order valence-corrected chi connectivity index (χ1v) is 4.75. The molecule has 0 atom stereocenters. The predicted molar refractivity (Wildman–Crippen MR) is 51.2 cm³/mol. The zero-order chi connectivity index (χ0) is 11.2. The molecule has 0 aliphatic rings. The van der Waals surface area contributed by atoms with Crippen molar-refractivity contribution in [2.75, 3.05) is 0 Å². The Labute approximate surface area is 91.0 Å². The molecule has 3 nitrogen and oxygen atoms in total. The van der Waals surface area contributed by atoms with Crippen LogP contribution >= 0.6 is 15.9 Å². The van der Waals surface area contributed by atoms with Crippen molar-refractivity contribution in [2.24, 2.45) is 7.05 Å². The number of nitrogens with zero attached hydrogens (tertiary/aromatic N) is 3. The lowest BCUT2D eigenvalue weighted by molar-refractivity contribution is -0.136. The molecule has 0 saturated heterocycles. The molecule has 0 N–H and O–H groups in total. The normalized spacial score (nSPS) is 12.3. The SMILES string of the molecule is Cn1nc(Br)c2nccc(C(F)(F)F)c21. The first kappa shape index (κ1) is 10.4. The molecule has 2 heterocycles. The molecule has 0 amide bonds. The molecule has 2 aromatic heterocycles. The van der Waals surface area contributed by atoms with E-state index >= 15 is 0 Å². The Morgan fingerprint density at radius 3 is 2.67 bits per heavy atom.